The van der Waals surface area contributed by atoms with E-state index in [9.17, 15) is 0 Å². The van der Waals surface area contributed by atoms with Crippen molar-refractivity contribution in [2.75, 3.05) is 0 Å². The minimum absolute atomic E-state index is 1.26. The molecule has 0 amide bonds. The zero-order valence-corrected chi connectivity index (χ0v) is 17.5. The molecule has 0 radical (unpaired) electrons. The molecule has 7 aromatic rings. The third kappa shape index (κ3) is 2.38. The molecule has 0 fully saturated rings. The molecule has 0 nitrogen and oxygen atoms in total. The van der Waals surface area contributed by atoms with Crippen LogP contribution in [-0.2, 0) is 0 Å². The average Bonchev–Trinajstić information content (AvgIpc) is 2.87. The summed E-state index contributed by atoms with van der Waals surface area (Å²) >= 11 is 0. The quantitative estimate of drug-likeness (QED) is 0.199. The van der Waals surface area contributed by atoms with Crippen molar-refractivity contribution < 1.29 is 0 Å². The lowest BCUT2D eigenvalue weighted by molar-refractivity contribution is 1.64. The highest BCUT2D eigenvalue weighted by molar-refractivity contribution is 6.35. The summed E-state index contributed by atoms with van der Waals surface area (Å²) in [5.41, 5.74) is 5.09. The molecule has 0 spiro atoms. The lowest BCUT2D eigenvalue weighted by Gasteiger charge is -2.19. The van der Waals surface area contributed by atoms with Gasteiger partial charge in [0.25, 0.3) is 0 Å². The molecule has 7 rings (SSSR count). The van der Waals surface area contributed by atoms with E-state index in [1.165, 1.54) is 65.3 Å². The molecule has 0 aliphatic rings. The highest BCUT2D eigenvalue weighted by Gasteiger charge is 2.18. The lowest BCUT2D eigenvalue weighted by atomic mass is 9.84. The maximum absolute atomic E-state index is 2.33. The average molecular weight is 405 g/mol. The highest BCUT2D eigenvalue weighted by atomic mass is 14.2. The third-order valence-electron chi connectivity index (χ3n) is 6.82. The zero-order valence-electron chi connectivity index (χ0n) is 17.5. The van der Waals surface area contributed by atoms with Crippen molar-refractivity contribution in [3.63, 3.8) is 0 Å². The van der Waals surface area contributed by atoms with E-state index in [0.29, 0.717) is 0 Å². The first-order chi connectivity index (χ1) is 15.9. The molecule has 0 aliphatic heterocycles. The van der Waals surface area contributed by atoms with E-state index >= 15 is 0 Å². The molecule has 0 saturated carbocycles. The van der Waals surface area contributed by atoms with E-state index in [0.717, 1.165) is 0 Å². The van der Waals surface area contributed by atoms with Gasteiger partial charge < -0.3 is 0 Å². The van der Waals surface area contributed by atoms with Crippen LogP contribution in [0.2, 0.25) is 0 Å². The number of hydrogen-bond donors (Lipinski definition) is 0. The van der Waals surface area contributed by atoms with Crippen LogP contribution in [-0.4, -0.2) is 0 Å². The number of rotatable bonds is 2. The summed E-state index contributed by atoms with van der Waals surface area (Å²) in [5.74, 6) is 0. The van der Waals surface area contributed by atoms with Crippen LogP contribution in [0, 0.1) is 0 Å². The van der Waals surface area contributed by atoms with Crippen molar-refractivity contribution in [3.05, 3.63) is 121 Å². The van der Waals surface area contributed by atoms with Gasteiger partial charge in [-0.3, -0.25) is 0 Å². The Morgan fingerprint density at radius 2 is 0.750 bits per heavy atom. The predicted octanol–water partition coefficient (Wildman–Crippen LogP) is 9.07. The van der Waals surface area contributed by atoms with E-state index in [1.54, 1.807) is 0 Å². The van der Waals surface area contributed by atoms with Crippen molar-refractivity contribution in [2.24, 2.45) is 0 Å². The normalized spacial score (nSPS) is 11.8. The molecule has 0 heterocycles. The number of fused-ring (bicyclic) bond motifs is 2. The molecular formula is C32H20. The Labute approximate surface area is 186 Å². The first-order valence-electron chi connectivity index (χ1n) is 11.1. The topological polar surface area (TPSA) is 0 Å². The summed E-state index contributed by atoms with van der Waals surface area (Å²) in [5, 5.41) is 10.7. The largest absolute Gasteiger partial charge is 0.0622 e. The van der Waals surface area contributed by atoms with Crippen LogP contribution in [0.3, 0.4) is 0 Å². The summed E-state index contributed by atoms with van der Waals surface area (Å²) in [6.45, 7) is 0. The fraction of sp³-hybridized carbons (Fsp3) is 0. The first-order valence-corrected chi connectivity index (χ1v) is 11.1. The maximum Gasteiger partial charge on any atom is -0.00139 e. The Morgan fingerprint density at radius 3 is 1.25 bits per heavy atom. The van der Waals surface area contributed by atoms with Crippen molar-refractivity contribution in [1.29, 1.82) is 0 Å². The molecule has 0 heteroatoms. The molecule has 0 aromatic heterocycles. The van der Waals surface area contributed by atoms with Crippen LogP contribution >= 0.6 is 0 Å². The van der Waals surface area contributed by atoms with Crippen LogP contribution in [0.25, 0.3) is 65.3 Å². The first kappa shape index (κ1) is 17.5. The Bertz CT molecular complexity index is 1620. The van der Waals surface area contributed by atoms with Crippen molar-refractivity contribution in [2.45, 2.75) is 0 Å². The molecule has 7 aromatic carbocycles. The smallest absolute Gasteiger partial charge is 0.00139 e. The molecule has 0 N–H and O–H groups in total. The van der Waals surface area contributed by atoms with Gasteiger partial charge in [-0.2, -0.15) is 0 Å². The second-order valence-electron chi connectivity index (χ2n) is 8.51. The summed E-state index contributed by atoms with van der Waals surface area (Å²) in [6, 6.07) is 44.2. The van der Waals surface area contributed by atoms with E-state index in [-0.39, 0.29) is 0 Å². The minimum atomic E-state index is 1.26. The lowest BCUT2D eigenvalue weighted by Crippen LogP contribution is -1.91. The Balaban J connectivity index is 1.77. The molecule has 148 valence electrons. The number of benzene rings is 7. The standard InChI is InChI=1S/C32H20/c1-3-9-21(10-4-1)24-17-19-28-26-15-7-13-23-14-8-16-27(30(23)26)29-20-18-25(31(24)32(28)29)22-11-5-2-6-12-22/h1-20H. The fourth-order valence-corrected chi connectivity index (χ4v) is 5.45. The van der Waals surface area contributed by atoms with Gasteiger partial charge in [0.1, 0.15) is 0 Å². The van der Waals surface area contributed by atoms with Gasteiger partial charge in [0.2, 0.25) is 0 Å². The van der Waals surface area contributed by atoms with Gasteiger partial charge in [-0.15, -0.1) is 0 Å². The van der Waals surface area contributed by atoms with Gasteiger partial charge in [0.15, 0.2) is 0 Å². The molecule has 0 atom stereocenters. The Hall–Kier alpha value is -4.16. The molecule has 32 heavy (non-hydrogen) atoms. The van der Waals surface area contributed by atoms with E-state index in [4.69, 9.17) is 0 Å². The van der Waals surface area contributed by atoms with Crippen LogP contribution in [0.4, 0.5) is 0 Å². The van der Waals surface area contributed by atoms with Gasteiger partial charge in [0.05, 0.1) is 0 Å². The summed E-state index contributed by atoms with van der Waals surface area (Å²) in [7, 11) is 0. The second kappa shape index (κ2) is 6.67. The van der Waals surface area contributed by atoms with Crippen molar-refractivity contribution in [1.82, 2.24) is 0 Å². The van der Waals surface area contributed by atoms with Crippen LogP contribution < -0.4 is 0 Å². The summed E-state index contributed by atoms with van der Waals surface area (Å²) < 4.78 is 0. The zero-order chi connectivity index (χ0) is 21.1. The monoisotopic (exact) mass is 404 g/mol. The molecular weight excluding hydrogens is 384 g/mol. The molecule has 0 bridgehead atoms. The van der Waals surface area contributed by atoms with E-state index < -0.39 is 0 Å². The van der Waals surface area contributed by atoms with Crippen LogP contribution in [0.1, 0.15) is 0 Å². The SMILES string of the molecule is c1ccc(-c2ccc3c4cccc5cccc(c6ccc(-c7ccccc7)c2c36)c54)cc1. The van der Waals surface area contributed by atoms with Gasteiger partial charge in [-0.25, -0.2) is 0 Å². The van der Waals surface area contributed by atoms with E-state index in [2.05, 4.69) is 121 Å². The van der Waals surface area contributed by atoms with Gasteiger partial charge >= 0.3 is 0 Å². The molecule has 0 aliphatic carbocycles. The van der Waals surface area contributed by atoms with Gasteiger partial charge in [0, 0.05) is 0 Å². The summed E-state index contributed by atoms with van der Waals surface area (Å²) in [6.07, 6.45) is 0. The number of hydrogen-bond acceptors (Lipinski definition) is 0. The van der Waals surface area contributed by atoms with Crippen LogP contribution in [0.15, 0.2) is 121 Å². The Morgan fingerprint density at radius 1 is 0.281 bits per heavy atom. The van der Waals surface area contributed by atoms with Gasteiger partial charge in [-0.05, 0) is 65.3 Å². The third-order valence-corrected chi connectivity index (χ3v) is 6.82. The predicted molar refractivity (Wildman–Crippen MR) is 139 cm³/mol. The van der Waals surface area contributed by atoms with Crippen molar-refractivity contribution >= 4 is 43.1 Å². The maximum atomic E-state index is 2.33. The van der Waals surface area contributed by atoms with Crippen molar-refractivity contribution in [3.8, 4) is 22.3 Å². The fourth-order valence-electron chi connectivity index (χ4n) is 5.45. The van der Waals surface area contributed by atoms with Gasteiger partial charge in [-0.1, -0.05) is 121 Å². The minimum Gasteiger partial charge on any atom is -0.0622 e. The highest BCUT2D eigenvalue weighted by Crippen LogP contribution is 2.46. The summed E-state index contributed by atoms with van der Waals surface area (Å²) in [4.78, 5) is 0. The van der Waals surface area contributed by atoms with Crippen LogP contribution in [0.5, 0.6) is 0 Å². The van der Waals surface area contributed by atoms with E-state index in [1.807, 2.05) is 0 Å². The second-order valence-corrected chi connectivity index (χ2v) is 8.51. The molecule has 0 unspecified atom stereocenters. The Kier molecular flexibility index (Phi) is 3.65. The molecule has 0 saturated heterocycles.